The van der Waals surface area contributed by atoms with Gasteiger partial charge in [-0.15, -0.1) is 0 Å². The number of hydrogen-bond donors (Lipinski definition) is 2. The Morgan fingerprint density at radius 3 is 2.50 bits per heavy atom. The van der Waals surface area contributed by atoms with Gasteiger partial charge in [-0.05, 0) is 29.2 Å². The average molecular weight is 320 g/mol. The molecule has 1 aromatic carbocycles. The van der Waals surface area contributed by atoms with E-state index in [4.69, 9.17) is 0 Å². The van der Waals surface area contributed by atoms with Gasteiger partial charge in [0, 0.05) is 6.07 Å². The minimum Gasteiger partial charge on any atom is -0.506 e. The van der Waals surface area contributed by atoms with Crippen molar-refractivity contribution in [3.05, 3.63) is 50.9 Å². The van der Waals surface area contributed by atoms with Crippen LogP contribution < -0.4 is 5.32 Å². The summed E-state index contributed by atoms with van der Waals surface area (Å²) in [6.07, 6.45) is 0. The number of carbonyl (C=O) groups is 1. The molecule has 1 aromatic heterocycles. The molecule has 0 radical (unpaired) electrons. The standard InChI is InChI=1S/C15H16N2O4S/c1-15(2,3)9-4-5-11(18)10(8-9)16-14(19)12-6-7-13(22-12)17(20)21/h4-8,18H,1-3H3,(H,16,19). The maximum atomic E-state index is 12.1. The number of phenols is 1. The number of thiophene rings is 1. The molecule has 1 heterocycles. The smallest absolute Gasteiger partial charge is 0.324 e. The molecule has 7 heteroatoms. The van der Waals surface area contributed by atoms with Gasteiger partial charge in [0.05, 0.1) is 15.5 Å². The molecule has 1 amide bonds. The molecular formula is C15H16N2O4S. The molecular weight excluding hydrogens is 304 g/mol. The van der Waals surface area contributed by atoms with Crippen molar-refractivity contribution in [1.82, 2.24) is 0 Å². The zero-order valence-corrected chi connectivity index (χ0v) is 13.2. The summed E-state index contributed by atoms with van der Waals surface area (Å²) in [5.41, 5.74) is 1.11. The van der Waals surface area contributed by atoms with Crippen molar-refractivity contribution in [2.75, 3.05) is 5.32 Å². The van der Waals surface area contributed by atoms with E-state index in [0.29, 0.717) is 0 Å². The number of amides is 1. The summed E-state index contributed by atoms with van der Waals surface area (Å²) in [5.74, 6) is -0.535. The molecule has 0 saturated heterocycles. The highest BCUT2D eigenvalue weighted by molar-refractivity contribution is 7.17. The second-order valence-corrected chi connectivity index (χ2v) is 6.89. The first-order valence-corrected chi connectivity index (χ1v) is 7.39. The average Bonchev–Trinajstić information content (AvgIpc) is 2.89. The van der Waals surface area contributed by atoms with E-state index in [2.05, 4.69) is 5.32 Å². The van der Waals surface area contributed by atoms with Gasteiger partial charge in [-0.1, -0.05) is 38.2 Å². The number of aromatic hydroxyl groups is 1. The van der Waals surface area contributed by atoms with Crippen LogP contribution in [0, 0.1) is 10.1 Å². The lowest BCUT2D eigenvalue weighted by Crippen LogP contribution is -2.14. The fraction of sp³-hybridized carbons (Fsp3) is 0.267. The van der Waals surface area contributed by atoms with E-state index in [-0.39, 0.29) is 26.7 Å². The van der Waals surface area contributed by atoms with Crippen LogP contribution in [0.15, 0.2) is 30.3 Å². The summed E-state index contributed by atoms with van der Waals surface area (Å²) in [6.45, 7) is 6.06. The molecule has 0 aliphatic rings. The van der Waals surface area contributed by atoms with Gasteiger partial charge in [0.2, 0.25) is 0 Å². The van der Waals surface area contributed by atoms with Crippen molar-refractivity contribution in [3.63, 3.8) is 0 Å². The molecule has 6 nitrogen and oxygen atoms in total. The van der Waals surface area contributed by atoms with Gasteiger partial charge < -0.3 is 10.4 Å². The first-order chi connectivity index (χ1) is 10.2. The van der Waals surface area contributed by atoms with Gasteiger partial charge in [0.15, 0.2) is 0 Å². The molecule has 0 fully saturated rings. The molecule has 0 atom stereocenters. The number of rotatable bonds is 3. The Morgan fingerprint density at radius 2 is 1.95 bits per heavy atom. The normalized spacial score (nSPS) is 11.2. The van der Waals surface area contributed by atoms with Crippen molar-refractivity contribution in [3.8, 4) is 5.75 Å². The Hall–Kier alpha value is -2.41. The third-order valence-electron chi connectivity index (χ3n) is 3.11. The largest absolute Gasteiger partial charge is 0.506 e. The van der Waals surface area contributed by atoms with Gasteiger partial charge in [-0.3, -0.25) is 14.9 Å². The first-order valence-electron chi connectivity index (χ1n) is 6.57. The van der Waals surface area contributed by atoms with Gasteiger partial charge in [0.25, 0.3) is 5.91 Å². The number of hydrogen-bond acceptors (Lipinski definition) is 5. The molecule has 2 rings (SSSR count). The highest BCUT2D eigenvalue weighted by Gasteiger charge is 2.19. The Bertz CT molecular complexity index is 731. The molecule has 0 aliphatic heterocycles. The summed E-state index contributed by atoms with van der Waals surface area (Å²) < 4.78 is 0. The fourth-order valence-corrected chi connectivity index (χ4v) is 2.55. The Kier molecular flexibility index (Phi) is 4.18. The molecule has 0 saturated carbocycles. The Labute approximate surface area is 131 Å². The first kappa shape index (κ1) is 16.0. The zero-order valence-electron chi connectivity index (χ0n) is 12.4. The quantitative estimate of drug-likeness (QED) is 0.509. The van der Waals surface area contributed by atoms with E-state index in [1.807, 2.05) is 20.8 Å². The molecule has 0 spiro atoms. The van der Waals surface area contributed by atoms with E-state index < -0.39 is 10.8 Å². The molecule has 22 heavy (non-hydrogen) atoms. The lowest BCUT2D eigenvalue weighted by Gasteiger charge is -2.20. The predicted octanol–water partition coefficient (Wildman–Crippen LogP) is 3.91. The summed E-state index contributed by atoms with van der Waals surface area (Å²) in [7, 11) is 0. The van der Waals surface area contributed by atoms with Crippen molar-refractivity contribution in [2.24, 2.45) is 0 Å². The van der Waals surface area contributed by atoms with Crippen LogP contribution in [0.25, 0.3) is 0 Å². The number of anilines is 1. The Balaban J connectivity index is 2.25. The number of nitrogens with one attached hydrogen (secondary N) is 1. The lowest BCUT2D eigenvalue weighted by atomic mass is 9.87. The number of benzene rings is 1. The second-order valence-electron chi connectivity index (χ2n) is 5.83. The highest BCUT2D eigenvalue weighted by Crippen LogP contribution is 2.32. The number of nitro groups is 1. The van der Waals surface area contributed by atoms with Crippen molar-refractivity contribution >= 4 is 27.9 Å². The van der Waals surface area contributed by atoms with Gasteiger partial charge in [-0.2, -0.15) is 0 Å². The van der Waals surface area contributed by atoms with E-state index in [9.17, 15) is 20.0 Å². The van der Waals surface area contributed by atoms with Gasteiger partial charge in [0.1, 0.15) is 5.75 Å². The molecule has 0 unspecified atom stereocenters. The monoisotopic (exact) mass is 320 g/mol. The van der Waals surface area contributed by atoms with E-state index in [0.717, 1.165) is 16.9 Å². The SMILES string of the molecule is CC(C)(C)c1ccc(O)c(NC(=O)c2ccc([N+](=O)[O-])s2)c1. The van der Waals surface area contributed by atoms with Crippen LogP contribution in [-0.2, 0) is 5.41 Å². The zero-order chi connectivity index (χ0) is 16.5. The van der Waals surface area contributed by atoms with E-state index in [1.165, 1.54) is 18.2 Å². The summed E-state index contributed by atoms with van der Waals surface area (Å²) in [6, 6.07) is 7.69. The number of phenolic OH excluding ortho intramolecular Hbond substituents is 1. The van der Waals surface area contributed by atoms with Crippen molar-refractivity contribution in [1.29, 1.82) is 0 Å². The maximum absolute atomic E-state index is 12.1. The second kappa shape index (κ2) is 5.76. The summed E-state index contributed by atoms with van der Waals surface area (Å²) in [4.78, 5) is 22.4. The number of carbonyl (C=O) groups excluding carboxylic acids is 1. The van der Waals surface area contributed by atoms with Gasteiger partial charge in [-0.25, -0.2) is 0 Å². The molecule has 116 valence electrons. The molecule has 0 aliphatic carbocycles. The van der Waals surface area contributed by atoms with Crippen molar-refractivity contribution in [2.45, 2.75) is 26.2 Å². The van der Waals surface area contributed by atoms with Crippen molar-refractivity contribution < 1.29 is 14.8 Å². The van der Waals surface area contributed by atoms with E-state index >= 15 is 0 Å². The van der Waals surface area contributed by atoms with Crippen LogP contribution >= 0.6 is 11.3 Å². The van der Waals surface area contributed by atoms with E-state index in [1.54, 1.807) is 12.1 Å². The molecule has 0 bridgehead atoms. The third-order valence-corrected chi connectivity index (χ3v) is 4.14. The minimum atomic E-state index is -0.543. The topological polar surface area (TPSA) is 92.5 Å². The summed E-state index contributed by atoms with van der Waals surface area (Å²) >= 11 is 0.791. The van der Waals surface area contributed by atoms with Crippen LogP contribution in [0.1, 0.15) is 36.0 Å². The predicted molar refractivity (Wildman–Crippen MR) is 85.7 cm³/mol. The maximum Gasteiger partial charge on any atom is 0.324 e. The highest BCUT2D eigenvalue weighted by atomic mass is 32.1. The van der Waals surface area contributed by atoms with Crippen LogP contribution in [0.2, 0.25) is 0 Å². The molecule has 2 aromatic rings. The van der Waals surface area contributed by atoms with Crippen LogP contribution in [0.3, 0.4) is 0 Å². The Morgan fingerprint density at radius 1 is 1.27 bits per heavy atom. The fourth-order valence-electron chi connectivity index (χ4n) is 1.83. The minimum absolute atomic E-state index is 0.0487. The summed E-state index contributed by atoms with van der Waals surface area (Å²) in [5, 5.41) is 23.0. The van der Waals surface area contributed by atoms with Gasteiger partial charge >= 0.3 is 5.00 Å². The van der Waals surface area contributed by atoms with Crippen LogP contribution in [0.5, 0.6) is 5.75 Å². The number of nitrogens with zero attached hydrogens (tertiary/aromatic N) is 1. The lowest BCUT2D eigenvalue weighted by molar-refractivity contribution is -0.380. The third kappa shape index (κ3) is 3.43. The van der Waals surface area contributed by atoms with Crippen LogP contribution in [0.4, 0.5) is 10.7 Å². The van der Waals surface area contributed by atoms with Crippen LogP contribution in [-0.4, -0.2) is 15.9 Å². The molecule has 2 N–H and O–H groups in total.